The molecule has 0 aliphatic carbocycles. The smallest absolute Gasteiger partial charge is 0.147 e. The molecule has 1 aromatic heterocycles. The third kappa shape index (κ3) is 2.87. The summed E-state index contributed by atoms with van der Waals surface area (Å²) in [7, 11) is 0. The first-order chi connectivity index (χ1) is 8.33. The summed E-state index contributed by atoms with van der Waals surface area (Å²) in [5.41, 5.74) is 1.90. The van der Waals surface area contributed by atoms with Crippen LogP contribution in [0.25, 0.3) is 10.9 Å². The van der Waals surface area contributed by atoms with Gasteiger partial charge in [0.1, 0.15) is 5.82 Å². The Bertz CT molecular complexity index is 473. The van der Waals surface area contributed by atoms with E-state index in [1.165, 1.54) is 43.7 Å². The van der Waals surface area contributed by atoms with Crippen LogP contribution >= 0.6 is 0 Å². The predicted octanol–water partition coefficient (Wildman–Crippen LogP) is 4.82. The molecule has 1 N–H and O–H groups in total. The van der Waals surface area contributed by atoms with Gasteiger partial charge in [-0.25, -0.2) is 4.39 Å². The summed E-state index contributed by atoms with van der Waals surface area (Å²) >= 11 is 0. The number of H-pyrrole nitrogens is 1. The fraction of sp³-hybridized carbons (Fsp3) is 0.467. The fourth-order valence-electron chi connectivity index (χ4n) is 2.30. The van der Waals surface area contributed by atoms with E-state index >= 15 is 0 Å². The lowest BCUT2D eigenvalue weighted by Crippen LogP contribution is -1.85. The van der Waals surface area contributed by atoms with E-state index in [9.17, 15) is 4.39 Å². The number of hydrogen-bond donors (Lipinski definition) is 1. The SMILES string of the molecule is CCCCCCCc1c[nH]c2c(F)cccc12. The van der Waals surface area contributed by atoms with Gasteiger partial charge in [0.05, 0.1) is 5.52 Å². The molecule has 0 spiro atoms. The van der Waals surface area contributed by atoms with Crippen LogP contribution in [0.1, 0.15) is 44.6 Å². The van der Waals surface area contributed by atoms with Crippen LogP contribution in [0.3, 0.4) is 0 Å². The van der Waals surface area contributed by atoms with E-state index in [0.717, 1.165) is 11.8 Å². The van der Waals surface area contributed by atoms with E-state index in [1.807, 2.05) is 12.3 Å². The number of halogens is 1. The highest BCUT2D eigenvalue weighted by molar-refractivity contribution is 5.83. The fourth-order valence-corrected chi connectivity index (χ4v) is 2.30. The van der Waals surface area contributed by atoms with E-state index in [1.54, 1.807) is 6.07 Å². The number of aromatic nitrogens is 1. The van der Waals surface area contributed by atoms with Crippen LogP contribution in [0, 0.1) is 5.82 Å². The molecule has 0 atom stereocenters. The monoisotopic (exact) mass is 233 g/mol. The molecule has 0 saturated heterocycles. The van der Waals surface area contributed by atoms with Crippen molar-refractivity contribution in [3.05, 3.63) is 35.8 Å². The van der Waals surface area contributed by atoms with Crippen LogP contribution in [0.15, 0.2) is 24.4 Å². The second-order valence-electron chi connectivity index (χ2n) is 4.64. The number of aryl methyl sites for hydroxylation is 1. The van der Waals surface area contributed by atoms with Gasteiger partial charge < -0.3 is 4.98 Å². The van der Waals surface area contributed by atoms with Gasteiger partial charge in [0.2, 0.25) is 0 Å². The predicted molar refractivity (Wildman–Crippen MR) is 70.7 cm³/mol. The van der Waals surface area contributed by atoms with Crippen LogP contribution in [0.4, 0.5) is 4.39 Å². The number of unbranched alkanes of at least 4 members (excludes halogenated alkanes) is 4. The first kappa shape index (κ1) is 12.2. The van der Waals surface area contributed by atoms with E-state index in [2.05, 4.69) is 11.9 Å². The lowest BCUT2D eigenvalue weighted by molar-refractivity contribution is 0.633. The Hall–Kier alpha value is -1.31. The topological polar surface area (TPSA) is 15.8 Å². The average Bonchev–Trinajstić information content (AvgIpc) is 2.74. The second kappa shape index (κ2) is 5.85. The maximum absolute atomic E-state index is 13.5. The van der Waals surface area contributed by atoms with Crippen molar-refractivity contribution in [1.82, 2.24) is 4.98 Å². The van der Waals surface area contributed by atoms with Crippen LogP contribution in [-0.4, -0.2) is 4.98 Å². The number of aromatic amines is 1. The van der Waals surface area contributed by atoms with Gasteiger partial charge in [0, 0.05) is 11.6 Å². The highest BCUT2D eigenvalue weighted by atomic mass is 19.1. The van der Waals surface area contributed by atoms with Gasteiger partial charge in [-0.3, -0.25) is 0 Å². The van der Waals surface area contributed by atoms with Gasteiger partial charge in [-0.15, -0.1) is 0 Å². The first-order valence-corrected chi connectivity index (χ1v) is 6.57. The number of benzene rings is 1. The van der Waals surface area contributed by atoms with E-state index in [4.69, 9.17) is 0 Å². The standard InChI is InChI=1S/C15H20FN/c1-2-3-4-5-6-8-12-11-17-15-13(12)9-7-10-14(15)16/h7,9-11,17H,2-6,8H2,1H3. The highest BCUT2D eigenvalue weighted by Crippen LogP contribution is 2.22. The molecule has 0 saturated carbocycles. The number of hydrogen-bond acceptors (Lipinski definition) is 0. The van der Waals surface area contributed by atoms with Crippen LogP contribution in [0.2, 0.25) is 0 Å². The zero-order valence-corrected chi connectivity index (χ0v) is 10.4. The molecule has 0 radical (unpaired) electrons. The van der Waals surface area contributed by atoms with Crippen molar-refractivity contribution in [3.8, 4) is 0 Å². The maximum Gasteiger partial charge on any atom is 0.147 e. The lowest BCUT2D eigenvalue weighted by Gasteiger charge is -2.00. The minimum absolute atomic E-state index is 0.153. The molecule has 2 heteroatoms. The van der Waals surface area contributed by atoms with E-state index in [0.29, 0.717) is 5.52 Å². The summed E-state index contributed by atoms with van der Waals surface area (Å²) < 4.78 is 13.5. The molecule has 2 rings (SSSR count). The normalized spacial score (nSPS) is 11.2. The minimum Gasteiger partial charge on any atom is -0.359 e. The number of nitrogens with one attached hydrogen (secondary N) is 1. The van der Waals surface area contributed by atoms with Gasteiger partial charge >= 0.3 is 0 Å². The van der Waals surface area contributed by atoms with Crippen LogP contribution < -0.4 is 0 Å². The molecule has 1 heterocycles. The molecule has 0 unspecified atom stereocenters. The quantitative estimate of drug-likeness (QED) is 0.688. The van der Waals surface area contributed by atoms with Crippen LogP contribution in [0.5, 0.6) is 0 Å². The Kier molecular flexibility index (Phi) is 4.18. The molecule has 2 aromatic rings. The third-order valence-corrected chi connectivity index (χ3v) is 3.30. The van der Waals surface area contributed by atoms with Gasteiger partial charge in [0.15, 0.2) is 0 Å². The van der Waals surface area contributed by atoms with Crippen LogP contribution in [-0.2, 0) is 6.42 Å². The molecule has 1 aromatic carbocycles. The summed E-state index contributed by atoms with van der Waals surface area (Å²) in [5.74, 6) is -0.153. The largest absolute Gasteiger partial charge is 0.359 e. The Morgan fingerprint density at radius 3 is 2.76 bits per heavy atom. The summed E-state index contributed by atoms with van der Waals surface area (Å²) in [6, 6.07) is 5.28. The molecule has 0 aliphatic rings. The Morgan fingerprint density at radius 1 is 1.12 bits per heavy atom. The van der Waals surface area contributed by atoms with Gasteiger partial charge in [-0.1, -0.05) is 44.7 Å². The lowest BCUT2D eigenvalue weighted by atomic mass is 10.0. The summed E-state index contributed by atoms with van der Waals surface area (Å²) in [4.78, 5) is 3.03. The molecule has 0 aliphatic heterocycles. The summed E-state index contributed by atoms with van der Waals surface area (Å²) in [5, 5.41) is 1.04. The van der Waals surface area contributed by atoms with Gasteiger partial charge in [-0.05, 0) is 24.5 Å². The second-order valence-corrected chi connectivity index (χ2v) is 4.64. The number of para-hydroxylation sites is 1. The zero-order valence-electron chi connectivity index (χ0n) is 10.4. The van der Waals surface area contributed by atoms with Crippen molar-refractivity contribution in [3.63, 3.8) is 0 Å². The third-order valence-electron chi connectivity index (χ3n) is 3.30. The van der Waals surface area contributed by atoms with Gasteiger partial charge in [0.25, 0.3) is 0 Å². The van der Waals surface area contributed by atoms with Crippen molar-refractivity contribution in [2.75, 3.05) is 0 Å². The molecule has 0 amide bonds. The van der Waals surface area contributed by atoms with Gasteiger partial charge in [-0.2, -0.15) is 0 Å². The Morgan fingerprint density at radius 2 is 1.94 bits per heavy atom. The number of rotatable bonds is 6. The Balaban J connectivity index is 1.97. The zero-order chi connectivity index (χ0) is 12.1. The first-order valence-electron chi connectivity index (χ1n) is 6.57. The van der Waals surface area contributed by atoms with Crippen molar-refractivity contribution >= 4 is 10.9 Å². The molecule has 17 heavy (non-hydrogen) atoms. The van der Waals surface area contributed by atoms with Crippen molar-refractivity contribution in [2.24, 2.45) is 0 Å². The molecule has 92 valence electrons. The molecule has 1 nitrogen and oxygen atoms in total. The average molecular weight is 233 g/mol. The van der Waals surface area contributed by atoms with E-state index < -0.39 is 0 Å². The maximum atomic E-state index is 13.5. The highest BCUT2D eigenvalue weighted by Gasteiger charge is 2.06. The Labute approximate surface area is 102 Å². The summed E-state index contributed by atoms with van der Waals surface area (Å²) in [6.07, 6.45) is 9.38. The van der Waals surface area contributed by atoms with E-state index in [-0.39, 0.29) is 5.82 Å². The van der Waals surface area contributed by atoms with Crippen molar-refractivity contribution in [1.29, 1.82) is 0 Å². The minimum atomic E-state index is -0.153. The molecular weight excluding hydrogens is 213 g/mol. The summed E-state index contributed by atoms with van der Waals surface area (Å²) in [6.45, 7) is 2.22. The number of fused-ring (bicyclic) bond motifs is 1. The molecule has 0 fully saturated rings. The van der Waals surface area contributed by atoms with Crippen molar-refractivity contribution in [2.45, 2.75) is 45.4 Å². The van der Waals surface area contributed by atoms with Crippen molar-refractivity contribution < 1.29 is 4.39 Å². The molecule has 0 bridgehead atoms. The molecular formula is C15H20FN.